The molecule has 3 aromatic carbocycles. The predicted octanol–water partition coefficient (Wildman–Crippen LogP) is 4.61. The maximum atomic E-state index is 13.4. The van der Waals surface area contributed by atoms with Crippen molar-refractivity contribution in [3.63, 3.8) is 0 Å². The van der Waals surface area contributed by atoms with Crippen molar-refractivity contribution in [2.24, 2.45) is 0 Å². The minimum Gasteiger partial charge on any atom is -0.465 e. The normalized spacial score (nSPS) is 10.7. The lowest BCUT2D eigenvalue weighted by Gasteiger charge is -2.21. The Morgan fingerprint density at radius 1 is 0.882 bits per heavy atom. The summed E-state index contributed by atoms with van der Waals surface area (Å²) < 4.78 is 34.8. The molecule has 1 aromatic heterocycles. The molecule has 34 heavy (non-hydrogen) atoms. The van der Waals surface area contributed by atoms with Crippen molar-refractivity contribution in [3.05, 3.63) is 120 Å². The molecule has 0 saturated carbocycles. The lowest BCUT2D eigenvalue weighted by atomic mass is 10.1. The summed E-state index contributed by atoms with van der Waals surface area (Å²) in [6, 6.07) is 26.7. The quantitative estimate of drug-likeness (QED) is 0.305. The van der Waals surface area contributed by atoms with E-state index in [1.165, 1.54) is 11.4 Å². The molecule has 0 aliphatic rings. The summed E-state index contributed by atoms with van der Waals surface area (Å²) >= 11 is 0. The molecule has 0 unspecified atom stereocenters. The van der Waals surface area contributed by atoms with Gasteiger partial charge < -0.3 is 9.30 Å². The van der Waals surface area contributed by atoms with Gasteiger partial charge in [0.05, 0.1) is 41.4 Å². The summed E-state index contributed by atoms with van der Waals surface area (Å²) in [6.07, 6.45) is 3.51. The van der Waals surface area contributed by atoms with Gasteiger partial charge in [0.2, 0.25) is 0 Å². The van der Waals surface area contributed by atoms with Crippen molar-refractivity contribution >= 4 is 21.7 Å². The van der Waals surface area contributed by atoms with E-state index in [4.69, 9.17) is 4.74 Å². The molecule has 0 aliphatic heterocycles. The van der Waals surface area contributed by atoms with E-state index in [0.717, 1.165) is 5.56 Å². The van der Waals surface area contributed by atoms with E-state index in [1.54, 1.807) is 71.6 Å². The number of benzene rings is 3. The molecule has 7 heteroatoms. The number of rotatable bonds is 6. The van der Waals surface area contributed by atoms with Crippen LogP contribution in [0.15, 0.2) is 103 Å². The molecule has 0 spiro atoms. The fourth-order valence-electron chi connectivity index (χ4n) is 3.51. The molecule has 6 nitrogen and oxygen atoms in total. The highest BCUT2D eigenvalue weighted by molar-refractivity contribution is 7.97. The molecule has 0 N–H and O–H groups in total. The lowest BCUT2D eigenvalue weighted by Crippen LogP contribution is -2.29. The molecule has 0 bridgehead atoms. The SMILES string of the molecule is COC(=O)c1cccc(C#CS(=O)(=O)N(Cc2ccccc2)c2ccccc2)c1-n1cccc1. The van der Waals surface area contributed by atoms with Crippen molar-refractivity contribution in [1.29, 1.82) is 0 Å². The van der Waals surface area contributed by atoms with Gasteiger partial charge in [-0.05, 0) is 47.9 Å². The first-order valence-corrected chi connectivity index (χ1v) is 11.9. The summed E-state index contributed by atoms with van der Waals surface area (Å²) in [4.78, 5) is 12.4. The fraction of sp³-hybridized carbons (Fsp3) is 0.0741. The molecule has 0 atom stereocenters. The smallest absolute Gasteiger partial charge is 0.340 e. The number of hydrogen-bond donors (Lipinski definition) is 0. The number of methoxy groups -OCH3 is 1. The molecule has 0 saturated heterocycles. The van der Waals surface area contributed by atoms with Crippen molar-refractivity contribution in [2.45, 2.75) is 6.54 Å². The van der Waals surface area contributed by atoms with Crippen LogP contribution in [0.1, 0.15) is 21.5 Å². The minimum atomic E-state index is -4.05. The van der Waals surface area contributed by atoms with E-state index in [0.29, 0.717) is 16.9 Å². The zero-order chi connectivity index (χ0) is 24.0. The monoisotopic (exact) mass is 470 g/mol. The van der Waals surface area contributed by atoms with Crippen LogP contribution < -0.4 is 4.31 Å². The number of para-hydroxylation sites is 2. The summed E-state index contributed by atoms with van der Waals surface area (Å²) in [5.74, 6) is 2.25. The Balaban J connectivity index is 1.80. The molecule has 0 fully saturated rings. The molecule has 0 amide bonds. The Kier molecular flexibility index (Phi) is 6.81. The zero-order valence-electron chi connectivity index (χ0n) is 18.5. The number of aromatic nitrogens is 1. The highest BCUT2D eigenvalue weighted by Crippen LogP contribution is 2.23. The average molecular weight is 471 g/mol. The van der Waals surface area contributed by atoms with Crippen LogP contribution in [0, 0.1) is 11.2 Å². The van der Waals surface area contributed by atoms with Gasteiger partial charge in [0.1, 0.15) is 0 Å². The van der Waals surface area contributed by atoms with Gasteiger partial charge in [0, 0.05) is 12.4 Å². The highest BCUT2D eigenvalue weighted by atomic mass is 32.2. The van der Waals surface area contributed by atoms with Gasteiger partial charge in [-0.1, -0.05) is 54.6 Å². The second-order valence-electron chi connectivity index (χ2n) is 7.34. The van der Waals surface area contributed by atoms with Crippen LogP contribution in [-0.2, 0) is 21.3 Å². The molecule has 0 radical (unpaired) electrons. The Bertz CT molecular complexity index is 1440. The highest BCUT2D eigenvalue weighted by Gasteiger charge is 2.21. The fourth-order valence-corrected chi connectivity index (χ4v) is 4.58. The van der Waals surface area contributed by atoms with Gasteiger partial charge in [-0.15, -0.1) is 0 Å². The third-order valence-electron chi connectivity index (χ3n) is 5.12. The number of sulfonamides is 1. The first-order valence-electron chi connectivity index (χ1n) is 10.5. The van der Waals surface area contributed by atoms with E-state index in [1.807, 2.05) is 36.4 Å². The summed E-state index contributed by atoms with van der Waals surface area (Å²) in [5, 5.41) is 2.46. The third kappa shape index (κ3) is 5.03. The van der Waals surface area contributed by atoms with E-state index in [9.17, 15) is 13.2 Å². The molecule has 1 heterocycles. The Labute approximate surface area is 199 Å². The second kappa shape index (κ2) is 10.1. The van der Waals surface area contributed by atoms with Gasteiger partial charge in [-0.2, -0.15) is 8.42 Å². The first-order chi connectivity index (χ1) is 16.5. The summed E-state index contributed by atoms with van der Waals surface area (Å²) in [7, 11) is -2.75. The number of carbonyl (C=O) groups is 1. The maximum absolute atomic E-state index is 13.4. The van der Waals surface area contributed by atoms with E-state index in [2.05, 4.69) is 11.2 Å². The van der Waals surface area contributed by atoms with E-state index < -0.39 is 16.0 Å². The van der Waals surface area contributed by atoms with Crippen LogP contribution in [-0.4, -0.2) is 26.1 Å². The van der Waals surface area contributed by atoms with Crippen molar-refractivity contribution in [3.8, 4) is 16.9 Å². The number of hydrogen-bond acceptors (Lipinski definition) is 4. The van der Waals surface area contributed by atoms with Gasteiger partial charge >= 0.3 is 16.0 Å². The van der Waals surface area contributed by atoms with Crippen LogP contribution in [0.5, 0.6) is 0 Å². The summed E-state index contributed by atoms with van der Waals surface area (Å²) in [6.45, 7) is 0.133. The van der Waals surface area contributed by atoms with Gasteiger partial charge in [-0.25, -0.2) is 4.79 Å². The maximum Gasteiger partial charge on any atom is 0.340 e. The Hall–Kier alpha value is -4.28. The average Bonchev–Trinajstić information content (AvgIpc) is 3.41. The first kappa shape index (κ1) is 22.9. The standard InChI is InChI=1S/C27H22N2O4S/c1-33-27(30)25-16-10-13-23(26(25)28-18-8-9-19-28)17-20-34(31,32)29(24-14-6-3-7-15-24)21-22-11-4-2-5-12-22/h2-16,18-19H,21H2,1H3. The number of ether oxygens (including phenoxy) is 1. The van der Waals surface area contributed by atoms with Crippen LogP contribution in [0.4, 0.5) is 5.69 Å². The topological polar surface area (TPSA) is 68.6 Å². The predicted molar refractivity (Wildman–Crippen MR) is 132 cm³/mol. The molecule has 4 aromatic rings. The number of carbonyl (C=O) groups excluding carboxylic acids is 1. The van der Waals surface area contributed by atoms with E-state index in [-0.39, 0.29) is 12.1 Å². The molecule has 4 rings (SSSR count). The Morgan fingerprint density at radius 3 is 2.18 bits per heavy atom. The van der Waals surface area contributed by atoms with Crippen LogP contribution in [0.2, 0.25) is 0 Å². The molecular formula is C27H22N2O4S. The van der Waals surface area contributed by atoms with E-state index >= 15 is 0 Å². The zero-order valence-corrected chi connectivity index (χ0v) is 19.3. The lowest BCUT2D eigenvalue weighted by molar-refractivity contribution is 0.0600. The van der Waals surface area contributed by atoms with Crippen molar-refractivity contribution < 1.29 is 17.9 Å². The number of anilines is 1. The number of esters is 1. The Morgan fingerprint density at radius 2 is 1.53 bits per heavy atom. The van der Waals surface area contributed by atoms with Crippen LogP contribution in [0.25, 0.3) is 5.69 Å². The largest absolute Gasteiger partial charge is 0.465 e. The molecule has 170 valence electrons. The van der Waals surface area contributed by atoms with Gasteiger partial charge in [0.25, 0.3) is 0 Å². The number of nitrogens with zero attached hydrogens (tertiary/aromatic N) is 2. The summed E-state index contributed by atoms with van der Waals surface area (Å²) in [5.41, 5.74) is 2.46. The molecule has 0 aliphatic carbocycles. The molecular weight excluding hydrogens is 448 g/mol. The van der Waals surface area contributed by atoms with Gasteiger partial charge in [0.15, 0.2) is 0 Å². The second-order valence-corrected chi connectivity index (χ2v) is 8.94. The van der Waals surface area contributed by atoms with Crippen LogP contribution >= 0.6 is 0 Å². The minimum absolute atomic E-state index is 0.133. The van der Waals surface area contributed by atoms with Crippen LogP contribution in [0.3, 0.4) is 0 Å². The third-order valence-corrected chi connectivity index (χ3v) is 6.40. The van der Waals surface area contributed by atoms with Crippen molar-refractivity contribution in [1.82, 2.24) is 4.57 Å². The van der Waals surface area contributed by atoms with Crippen molar-refractivity contribution in [2.75, 3.05) is 11.4 Å². The van der Waals surface area contributed by atoms with Gasteiger partial charge in [-0.3, -0.25) is 4.31 Å².